The van der Waals surface area contributed by atoms with Crippen molar-refractivity contribution >= 4 is 148 Å². The van der Waals surface area contributed by atoms with E-state index < -0.39 is 14.2 Å². The van der Waals surface area contributed by atoms with Crippen LogP contribution in [0.2, 0.25) is 0 Å². The smallest absolute Gasteiger partial charge is 0.399 e. The molecule has 113 heavy (non-hydrogen) atoms. The van der Waals surface area contributed by atoms with E-state index in [1.54, 1.807) is 0 Å². The number of hydrogen-bond acceptors (Lipinski definition) is 11. The molecule has 9 aromatic carbocycles. The summed E-state index contributed by atoms with van der Waals surface area (Å²) in [6.45, 7) is 43.7. The molecule has 0 spiro atoms. The molecule has 4 aliphatic rings. The summed E-state index contributed by atoms with van der Waals surface area (Å²) < 4.78 is 56.2. The van der Waals surface area contributed by atoms with E-state index in [9.17, 15) is 0 Å². The van der Waals surface area contributed by atoms with Crippen LogP contribution in [0.25, 0.3) is 31.3 Å². The number of fused-ring (bicyclic) bond motifs is 3. The average molecular weight is 1660 g/mol. The summed E-state index contributed by atoms with van der Waals surface area (Å²) in [6.07, 6.45) is 18.5. The summed E-state index contributed by atoms with van der Waals surface area (Å²) in [5.74, 6) is 0. The fourth-order valence-corrected chi connectivity index (χ4v) is 16.4. The van der Waals surface area contributed by atoms with Crippen molar-refractivity contribution in [1.82, 2.24) is 0 Å². The predicted molar refractivity (Wildman–Crippen MR) is 489 cm³/mol. The molecular weight excluding hydrogens is 1540 g/mol. The average Bonchev–Trinajstić information content (AvgIpc) is 1.58. The number of benzene rings is 9. The lowest BCUT2D eigenvalue weighted by atomic mass is 9.67. The van der Waals surface area contributed by atoms with Crippen molar-refractivity contribution in [3.05, 3.63) is 251 Å². The third kappa shape index (κ3) is 19.4. The number of anilines is 6. The van der Waals surface area contributed by atoms with Gasteiger partial charge in [0.2, 0.25) is 0 Å². The second-order valence-corrected chi connectivity index (χ2v) is 37.7. The molecule has 17 heteroatoms. The number of nitrogens with zero attached hydrogens (tertiary/aromatic N) is 2. The normalized spacial score (nSPS) is 17.9. The van der Waals surface area contributed by atoms with Crippen LogP contribution in [-0.2, 0) is 56.5 Å². The van der Waals surface area contributed by atoms with Crippen LogP contribution in [0.3, 0.4) is 0 Å². The minimum absolute atomic E-state index is 0.375. The number of halogens is 2. The Kier molecular flexibility index (Phi) is 26.9. The molecule has 1 aromatic heterocycles. The molecule has 5 heterocycles. The number of rotatable bonds is 26. The molecular formula is C96H116B4Br2N2O8S. The molecule has 10 nitrogen and oxygen atoms in total. The minimum atomic E-state index is -0.390. The topological polar surface area (TPSA) is 80.3 Å². The highest BCUT2D eigenvalue weighted by Crippen LogP contribution is 2.45. The van der Waals surface area contributed by atoms with Crippen molar-refractivity contribution in [3.8, 4) is 11.1 Å². The van der Waals surface area contributed by atoms with Crippen molar-refractivity contribution < 1.29 is 37.2 Å². The van der Waals surface area contributed by atoms with Crippen LogP contribution in [0, 0.1) is 0 Å². The lowest BCUT2D eigenvalue weighted by Gasteiger charge is -2.32. The van der Waals surface area contributed by atoms with Crippen molar-refractivity contribution in [2.45, 2.75) is 246 Å². The first-order valence-corrected chi connectivity index (χ1v) is 43.3. The molecule has 590 valence electrons. The molecule has 0 radical (unpaired) electrons. The molecule has 0 N–H and O–H groups in total. The summed E-state index contributed by atoms with van der Waals surface area (Å²) in [4.78, 5) is 4.57. The standard InChI is InChI=1S/C36H49B2NO4.C30H48B2O4.C30H19Br2NS/c1-10-11-12-13-14-27-15-21-30(22-16-27)39(31-23-17-28(18-24-31)37-40-33(2,3)34(4,5)41-37)32-25-19-29(20-26-32)38-42-35(6,7)36(8,9)43-38;1-11-13-15-17-19-23-21-26(32-35-29(7,8)30(9,10)36-32)24(20-18-16-14-12-2)22-25(23)31-33-27(3,4)28(5,6)34-31;31-21-10-16-24(17-11-21)33(25-18-12-22(32)13-19-25)23-14-8-20(9-15-23)26-5-3-6-28-27-4-1-2-7-29(27)34-30(26)28/h15-26H,10-14H2,1-9H3;11-12,21-22H,1-2,13-20H2,3-10H3;1-19H. The van der Waals surface area contributed by atoms with Gasteiger partial charge in [0, 0.05) is 63.2 Å². The number of aryl methyl sites for hydroxylation is 3. The SMILES string of the molecule is Brc1ccc(N(c2ccc(Br)cc2)c2ccc(-c3cccc4c3sc3ccccc34)cc2)cc1.C=CCCCCc1cc(B2OC(C)(C)C(C)(C)O2)c(CCCCC=C)cc1B1OC(C)(C)C(C)(C)O1.CCCCCCc1ccc(N(c2ccc(B3OC(C)(C)C(C)(C)O3)cc2)c2ccc(B3OC(C)(C)C(C)(C)O3)cc2)cc1. The van der Waals surface area contributed by atoms with Gasteiger partial charge in [0.15, 0.2) is 0 Å². The molecule has 0 unspecified atom stereocenters. The fourth-order valence-electron chi connectivity index (χ4n) is 14.7. The van der Waals surface area contributed by atoms with Gasteiger partial charge in [-0.25, -0.2) is 0 Å². The second kappa shape index (κ2) is 35.6. The Morgan fingerprint density at radius 2 is 0.690 bits per heavy atom. The highest BCUT2D eigenvalue weighted by molar-refractivity contribution is 9.10. The van der Waals surface area contributed by atoms with Crippen LogP contribution in [0.4, 0.5) is 34.1 Å². The predicted octanol–water partition coefficient (Wildman–Crippen LogP) is 24.7. The summed E-state index contributed by atoms with van der Waals surface area (Å²) in [5.41, 5.74) is 14.3. The number of hydrogen-bond donors (Lipinski definition) is 0. The molecule has 14 rings (SSSR count). The summed E-state index contributed by atoms with van der Waals surface area (Å²) in [5, 5.41) is 2.66. The molecule has 0 amide bonds. The molecule has 0 aliphatic carbocycles. The van der Waals surface area contributed by atoms with Gasteiger partial charge >= 0.3 is 28.5 Å². The van der Waals surface area contributed by atoms with Gasteiger partial charge in [0.25, 0.3) is 0 Å². The molecule has 4 fully saturated rings. The van der Waals surface area contributed by atoms with E-state index >= 15 is 0 Å². The Morgan fingerprint density at radius 1 is 0.354 bits per heavy atom. The van der Waals surface area contributed by atoms with Gasteiger partial charge in [-0.15, -0.1) is 24.5 Å². The van der Waals surface area contributed by atoms with Crippen molar-refractivity contribution in [2.24, 2.45) is 0 Å². The third-order valence-corrected chi connectivity index (χ3v) is 26.8. The summed E-state index contributed by atoms with van der Waals surface area (Å²) in [7, 11) is -1.55. The zero-order valence-electron chi connectivity index (χ0n) is 69.9. The molecule has 0 saturated carbocycles. The van der Waals surface area contributed by atoms with E-state index in [4.69, 9.17) is 37.2 Å². The maximum absolute atomic E-state index is 6.53. The number of unbranched alkanes of at least 4 members (excludes halogenated alkanes) is 7. The Bertz CT molecular complexity index is 4610. The van der Waals surface area contributed by atoms with Gasteiger partial charge in [-0.05, 0) is 328 Å². The molecule has 0 atom stereocenters. The Hall–Kier alpha value is -6.82. The zero-order chi connectivity index (χ0) is 80.9. The second-order valence-electron chi connectivity index (χ2n) is 34.8. The van der Waals surface area contributed by atoms with Crippen LogP contribution in [0.5, 0.6) is 0 Å². The Morgan fingerprint density at radius 3 is 1.07 bits per heavy atom. The maximum Gasteiger partial charge on any atom is 0.495 e. The van der Waals surface area contributed by atoms with Crippen LogP contribution in [-0.4, -0.2) is 73.3 Å². The Balaban J connectivity index is 0.000000158. The van der Waals surface area contributed by atoms with Crippen LogP contribution in [0.1, 0.15) is 199 Å². The van der Waals surface area contributed by atoms with Gasteiger partial charge in [0.1, 0.15) is 0 Å². The Labute approximate surface area is 698 Å². The zero-order valence-corrected chi connectivity index (χ0v) is 73.9. The van der Waals surface area contributed by atoms with E-state index in [0.717, 1.165) is 123 Å². The van der Waals surface area contributed by atoms with Gasteiger partial charge in [-0.3, -0.25) is 0 Å². The summed E-state index contributed by atoms with van der Waals surface area (Å²) >= 11 is 8.99. The van der Waals surface area contributed by atoms with Crippen molar-refractivity contribution in [3.63, 3.8) is 0 Å². The van der Waals surface area contributed by atoms with Gasteiger partial charge in [0.05, 0.1) is 44.8 Å². The van der Waals surface area contributed by atoms with E-state index in [1.807, 2.05) is 23.5 Å². The van der Waals surface area contributed by atoms with E-state index in [0.29, 0.717) is 0 Å². The van der Waals surface area contributed by atoms with Crippen LogP contribution >= 0.6 is 43.2 Å². The minimum Gasteiger partial charge on any atom is -0.399 e. The largest absolute Gasteiger partial charge is 0.495 e. The van der Waals surface area contributed by atoms with Gasteiger partial charge in [-0.2, -0.15) is 0 Å². The van der Waals surface area contributed by atoms with Crippen LogP contribution in [0.15, 0.2) is 234 Å². The maximum atomic E-state index is 6.53. The van der Waals surface area contributed by atoms with E-state index in [-0.39, 0.29) is 59.0 Å². The highest BCUT2D eigenvalue weighted by Gasteiger charge is 2.56. The molecule has 4 aliphatic heterocycles. The molecule has 4 saturated heterocycles. The van der Waals surface area contributed by atoms with E-state index in [2.05, 4.69) is 373 Å². The number of allylic oxidation sites excluding steroid dienone is 2. The van der Waals surface area contributed by atoms with Crippen molar-refractivity contribution in [1.29, 1.82) is 0 Å². The highest BCUT2D eigenvalue weighted by atomic mass is 79.9. The van der Waals surface area contributed by atoms with E-state index in [1.165, 1.54) is 73.7 Å². The van der Waals surface area contributed by atoms with Gasteiger partial charge < -0.3 is 47.0 Å². The first kappa shape index (κ1) is 85.5. The fraction of sp³-hybridized carbons (Fsp3) is 0.396. The first-order valence-electron chi connectivity index (χ1n) is 40.9. The monoisotopic (exact) mass is 1660 g/mol. The lowest BCUT2D eigenvalue weighted by molar-refractivity contribution is 0.00578. The lowest BCUT2D eigenvalue weighted by Crippen LogP contribution is -2.43. The molecule has 0 bridgehead atoms. The van der Waals surface area contributed by atoms with Crippen molar-refractivity contribution in [2.75, 3.05) is 9.80 Å². The quantitative estimate of drug-likeness (QED) is 0.0297. The number of thiophene rings is 1. The third-order valence-electron chi connectivity index (χ3n) is 24.5. The van der Waals surface area contributed by atoms with Crippen LogP contribution < -0.4 is 31.7 Å². The van der Waals surface area contributed by atoms with Gasteiger partial charge in [-0.1, -0.05) is 167 Å². The summed E-state index contributed by atoms with van der Waals surface area (Å²) in [6, 6.07) is 71.8. The first-order chi connectivity index (χ1) is 53.6. The molecule has 10 aromatic rings.